The highest BCUT2D eigenvalue weighted by molar-refractivity contribution is 6.00. The molecule has 0 atom stereocenters. The number of rotatable bonds is 6. The Bertz CT molecular complexity index is 900. The first-order chi connectivity index (χ1) is 13.8. The number of alkyl halides is 3. The number of nitrogens with one attached hydrogen (secondary N) is 1. The normalized spacial score (nSPS) is 13.4. The van der Waals surface area contributed by atoms with Crippen molar-refractivity contribution in [2.45, 2.75) is 6.18 Å². The maximum absolute atomic E-state index is 12.5. The Hall–Kier alpha value is -3.43. The third-order valence-electron chi connectivity index (χ3n) is 4.06. The van der Waals surface area contributed by atoms with Gasteiger partial charge >= 0.3 is 12.1 Å². The minimum Gasteiger partial charge on any atom is -0.497 e. The average molecular weight is 410 g/mol. The van der Waals surface area contributed by atoms with E-state index in [0.29, 0.717) is 17.2 Å². The third kappa shape index (κ3) is 4.89. The summed E-state index contributed by atoms with van der Waals surface area (Å²) in [6.07, 6.45) is -5.02. The van der Waals surface area contributed by atoms with Crippen molar-refractivity contribution in [2.75, 3.05) is 37.1 Å². The minimum atomic E-state index is -5.02. The van der Waals surface area contributed by atoms with Gasteiger partial charge in [0, 0.05) is 5.69 Å². The van der Waals surface area contributed by atoms with Crippen LogP contribution in [0.5, 0.6) is 17.2 Å². The van der Waals surface area contributed by atoms with Gasteiger partial charge in [-0.3, -0.25) is 9.59 Å². The van der Waals surface area contributed by atoms with Crippen LogP contribution in [-0.2, 0) is 9.59 Å². The van der Waals surface area contributed by atoms with Crippen LogP contribution in [-0.4, -0.2) is 44.9 Å². The highest BCUT2D eigenvalue weighted by Crippen LogP contribution is 2.35. The molecule has 2 aromatic carbocycles. The van der Waals surface area contributed by atoms with E-state index < -0.39 is 12.1 Å². The zero-order chi connectivity index (χ0) is 21.0. The molecule has 154 valence electrons. The number of nitrogens with zero attached hydrogens (tertiary/aromatic N) is 1. The minimum absolute atomic E-state index is 0.106. The molecule has 0 unspecified atom stereocenters. The van der Waals surface area contributed by atoms with E-state index in [9.17, 15) is 22.8 Å². The lowest BCUT2D eigenvalue weighted by atomic mass is 10.2. The lowest BCUT2D eigenvalue weighted by Crippen LogP contribution is -2.41. The topological polar surface area (TPSA) is 77.1 Å². The first kappa shape index (κ1) is 20.3. The Balaban J connectivity index is 1.70. The van der Waals surface area contributed by atoms with Crippen LogP contribution < -0.4 is 24.4 Å². The second-order valence-corrected chi connectivity index (χ2v) is 5.99. The molecule has 0 spiro atoms. The van der Waals surface area contributed by atoms with Gasteiger partial charge < -0.3 is 24.4 Å². The summed E-state index contributed by atoms with van der Waals surface area (Å²) in [5.74, 6) is -0.926. The third-order valence-corrected chi connectivity index (χ3v) is 4.06. The van der Waals surface area contributed by atoms with E-state index in [1.807, 2.05) is 0 Å². The maximum atomic E-state index is 12.5. The number of ether oxygens (including phenoxy) is 3. The number of methoxy groups -OCH3 is 1. The second kappa shape index (κ2) is 8.29. The molecular formula is C19H17F3N2O5. The van der Waals surface area contributed by atoms with Crippen LogP contribution in [0.15, 0.2) is 42.5 Å². The van der Waals surface area contributed by atoms with Crippen molar-refractivity contribution in [3.8, 4) is 17.2 Å². The number of hydrogen-bond donors (Lipinski definition) is 1. The van der Waals surface area contributed by atoms with Crippen LogP contribution in [0.2, 0.25) is 0 Å². The van der Waals surface area contributed by atoms with Gasteiger partial charge in [0.2, 0.25) is 0 Å². The zero-order valence-electron chi connectivity index (χ0n) is 15.3. The van der Waals surface area contributed by atoms with E-state index in [-0.39, 0.29) is 37.0 Å². The van der Waals surface area contributed by atoms with Crippen molar-refractivity contribution in [3.63, 3.8) is 0 Å². The van der Waals surface area contributed by atoms with Crippen molar-refractivity contribution in [3.05, 3.63) is 42.5 Å². The maximum Gasteiger partial charge on any atom is 0.471 e. The molecule has 1 aliphatic rings. The summed E-state index contributed by atoms with van der Waals surface area (Å²) in [5.41, 5.74) is 0.144. The van der Waals surface area contributed by atoms with Gasteiger partial charge in [0.25, 0.3) is 5.91 Å². The number of anilines is 2. The number of hydrogen-bond acceptors (Lipinski definition) is 5. The molecule has 0 aromatic heterocycles. The second-order valence-electron chi connectivity index (χ2n) is 5.99. The average Bonchev–Trinajstić information content (AvgIpc) is 2.69. The monoisotopic (exact) mass is 410 g/mol. The van der Waals surface area contributed by atoms with Crippen LogP contribution >= 0.6 is 0 Å². The Morgan fingerprint density at radius 3 is 2.52 bits per heavy atom. The molecule has 1 N–H and O–H groups in total. The Labute approximate surface area is 164 Å². The zero-order valence-corrected chi connectivity index (χ0v) is 15.3. The van der Waals surface area contributed by atoms with Crippen LogP contribution in [0.25, 0.3) is 0 Å². The number of amides is 2. The highest BCUT2D eigenvalue weighted by atomic mass is 19.4. The summed E-state index contributed by atoms with van der Waals surface area (Å²) in [6.45, 7) is 0.0678. The standard InChI is InChI=1S/C19H17F3N2O5/c1-27-13-3-5-14(6-4-13)28-9-8-24-15-10-12(23-18(26)19(20,21)22)2-7-16(15)29-11-17(24)25/h2-7,10H,8-9,11H2,1H3,(H,23,26). The van der Waals surface area contributed by atoms with Crippen molar-refractivity contribution in [1.29, 1.82) is 0 Å². The van der Waals surface area contributed by atoms with E-state index in [4.69, 9.17) is 14.2 Å². The quantitative estimate of drug-likeness (QED) is 0.792. The molecule has 2 aromatic rings. The van der Waals surface area contributed by atoms with Gasteiger partial charge in [0.15, 0.2) is 6.61 Å². The lowest BCUT2D eigenvalue weighted by molar-refractivity contribution is -0.167. The molecule has 0 saturated heterocycles. The van der Waals surface area contributed by atoms with Gasteiger partial charge in [-0.2, -0.15) is 13.2 Å². The fraction of sp³-hybridized carbons (Fsp3) is 0.263. The van der Waals surface area contributed by atoms with Gasteiger partial charge in [-0.05, 0) is 42.5 Å². The summed E-state index contributed by atoms with van der Waals surface area (Å²) >= 11 is 0. The first-order valence-corrected chi connectivity index (χ1v) is 8.50. The van der Waals surface area contributed by atoms with Crippen molar-refractivity contribution >= 4 is 23.2 Å². The van der Waals surface area contributed by atoms with E-state index in [1.165, 1.54) is 23.1 Å². The van der Waals surface area contributed by atoms with Crippen LogP contribution in [0.3, 0.4) is 0 Å². The Morgan fingerprint density at radius 1 is 1.17 bits per heavy atom. The van der Waals surface area contributed by atoms with Gasteiger partial charge in [-0.25, -0.2) is 0 Å². The SMILES string of the molecule is COc1ccc(OCCN2C(=O)COc3ccc(NC(=O)C(F)(F)F)cc32)cc1. The summed E-state index contributed by atoms with van der Waals surface area (Å²) in [6, 6.07) is 10.8. The van der Waals surface area contributed by atoms with Crippen molar-refractivity contribution in [2.24, 2.45) is 0 Å². The number of carbonyl (C=O) groups is 2. The molecule has 2 amide bonds. The van der Waals surface area contributed by atoms with Crippen molar-refractivity contribution < 1.29 is 37.0 Å². The molecule has 0 saturated carbocycles. The van der Waals surface area contributed by atoms with Crippen LogP contribution in [0, 0.1) is 0 Å². The van der Waals surface area contributed by atoms with Crippen LogP contribution in [0.1, 0.15) is 0 Å². The largest absolute Gasteiger partial charge is 0.497 e. The molecule has 10 heteroatoms. The molecule has 0 bridgehead atoms. The molecule has 0 radical (unpaired) electrons. The number of halogens is 3. The molecule has 0 aliphatic carbocycles. The smallest absolute Gasteiger partial charge is 0.471 e. The summed E-state index contributed by atoms with van der Waals surface area (Å²) in [4.78, 5) is 24.7. The van der Waals surface area contributed by atoms with E-state index >= 15 is 0 Å². The summed E-state index contributed by atoms with van der Waals surface area (Å²) in [5, 5.41) is 1.76. The highest BCUT2D eigenvalue weighted by Gasteiger charge is 2.39. The molecule has 29 heavy (non-hydrogen) atoms. The van der Waals surface area contributed by atoms with E-state index in [1.54, 1.807) is 36.7 Å². The van der Waals surface area contributed by atoms with Gasteiger partial charge in [-0.1, -0.05) is 0 Å². The predicted octanol–water partition coefficient (Wildman–Crippen LogP) is 3.00. The van der Waals surface area contributed by atoms with Crippen molar-refractivity contribution in [1.82, 2.24) is 0 Å². The number of fused-ring (bicyclic) bond motifs is 1. The number of carbonyl (C=O) groups excluding carboxylic acids is 2. The first-order valence-electron chi connectivity index (χ1n) is 8.50. The van der Waals surface area contributed by atoms with E-state index in [0.717, 1.165) is 0 Å². The van der Waals surface area contributed by atoms with E-state index in [2.05, 4.69) is 0 Å². The molecule has 0 fully saturated rings. The summed E-state index contributed by atoms with van der Waals surface area (Å²) in [7, 11) is 1.54. The molecule has 3 rings (SSSR count). The molecule has 1 aliphatic heterocycles. The fourth-order valence-corrected chi connectivity index (χ4v) is 2.65. The van der Waals surface area contributed by atoms with Gasteiger partial charge in [0.05, 0.1) is 19.3 Å². The molecule has 7 nitrogen and oxygen atoms in total. The Kier molecular flexibility index (Phi) is 5.81. The van der Waals surface area contributed by atoms with Gasteiger partial charge in [0.1, 0.15) is 23.9 Å². The van der Waals surface area contributed by atoms with Crippen LogP contribution in [0.4, 0.5) is 24.5 Å². The summed E-state index contributed by atoms with van der Waals surface area (Å²) < 4.78 is 53.4. The molecular weight excluding hydrogens is 393 g/mol. The Morgan fingerprint density at radius 2 is 1.86 bits per heavy atom. The predicted molar refractivity (Wildman–Crippen MR) is 97.5 cm³/mol. The number of benzene rings is 2. The fourth-order valence-electron chi connectivity index (χ4n) is 2.65. The molecule has 1 heterocycles. The lowest BCUT2D eigenvalue weighted by Gasteiger charge is -2.29. The van der Waals surface area contributed by atoms with Gasteiger partial charge in [-0.15, -0.1) is 0 Å².